The third kappa shape index (κ3) is 3.56. The molecular formula is C19H28N2S. The Hall–Kier alpha value is -0.830. The van der Waals surface area contributed by atoms with Gasteiger partial charge in [-0.25, -0.2) is 0 Å². The molecule has 0 bridgehead atoms. The Labute approximate surface area is 140 Å². The number of hydrogen-bond donors (Lipinski definition) is 0. The lowest BCUT2D eigenvalue weighted by atomic mass is 10.0. The maximum atomic E-state index is 3.49. The molecule has 0 amide bonds. The lowest BCUT2D eigenvalue weighted by Crippen LogP contribution is -2.39. The summed E-state index contributed by atoms with van der Waals surface area (Å²) in [5, 5.41) is 1.52. The summed E-state index contributed by atoms with van der Waals surface area (Å²) in [5.41, 5.74) is 1.22. The van der Waals surface area contributed by atoms with Gasteiger partial charge in [0.1, 0.15) is 0 Å². The number of fused-ring (bicyclic) bond motifs is 1. The Morgan fingerprint density at radius 1 is 1.14 bits per heavy atom. The zero-order chi connectivity index (χ0) is 15.5. The average molecular weight is 317 g/mol. The largest absolute Gasteiger partial charge is 0.341 e. The van der Waals surface area contributed by atoms with Crippen molar-refractivity contribution in [2.75, 3.05) is 0 Å². The third-order valence-electron chi connectivity index (χ3n) is 4.86. The summed E-state index contributed by atoms with van der Waals surface area (Å²) in [5.74, 6) is 0.686. The van der Waals surface area contributed by atoms with E-state index in [1.807, 2.05) is 0 Å². The quantitative estimate of drug-likeness (QED) is 0.704. The Bertz CT molecular complexity index is 460. The highest BCUT2D eigenvalue weighted by Gasteiger charge is 2.32. The van der Waals surface area contributed by atoms with Gasteiger partial charge in [0.2, 0.25) is 6.67 Å². The van der Waals surface area contributed by atoms with Crippen LogP contribution in [-0.4, -0.2) is 26.3 Å². The van der Waals surface area contributed by atoms with Crippen molar-refractivity contribution in [1.29, 1.82) is 0 Å². The molecule has 1 aliphatic carbocycles. The number of rotatable bonds is 5. The zero-order valence-corrected chi connectivity index (χ0v) is 14.9. The minimum atomic E-state index is 0.479. The smallest absolute Gasteiger partial charge is 0.213 e. The normalized spacial score (nSPS) is 24.6. The van der Waals surface area contributed by atoms with E-state index >= 15 is 0 Å². The van der Waals surface area contributed by atoms with Gasteiger partial charge in [0.25, 0.3) is 0 Å². The van der Waals surface area contributed by atoms with Gasteiger partial charge in [-0.3, -0.25) is 0 Å². The molecule has 2 atom stereocenters. The van der Waals surface area contributed by atoms with Crippen LogP contribution in [0.25, 0.3) is 0 Å². The fourth-order valence-electron chi connectivity index (χ4n) is 3.57. The second-order valence-corrected chi connectivity index (χ2v) is 8.46. The van der Waals surface area contributed by atoms with E-state index in [0.29, 0.717) is 17.2 Å². The molecule has 0 aromatic rings. The first-order chi connectivity index (χ1) is 10.6. The molecule has 0 spiro atoms. The molecule has 0 aromatic heterocycles. The molecule has 0 N–H and O–H groups in total. The second-order valence-electron chi connectivity index (χ2n) is 6.98. The van der Waals surface area contributed by atoms with Crippen molar-refractivity contribution in [3.8, 4) is 0 Å². The van der Waals surface area contributed by atoms with Crippen LogP contribution in [0.15, 0.2) is 36.3 Å². The molecule has 22 heavy (non-hydrogen) atoms. The van der Waals surface area contributed by atoms with Gasteiger partial charge in [-0.05, 0) is 37.8 Å². The molecule has 3 heteroatoms. The van der Waals surface area contributed by atoms with Gasteiger partial charge in [0.05, 0.1) is 5.70 Å². The summed E-state index contributed by atoms with van der Waals surface area (Å²) >= 11 is 2.24. The number of thioether (sulfide) groups is 1. The summed E-state index contributed by atoms with van der Waals surface area (Å²) in [6.07, 6.45) is 17.7. The Kier molecular flexibility index (Phi) is 5.22. The topological polar surface area (TPSA) is 6.48 Å². The Morgan fingerprint density at radius 3 is 2.59 bits per heavy atom. The van der Waals surface area contributed by atoms with Crippen LogP contribution in [0.3, 0.4) is 0 Å². The summed E-state index contributed by atoms with van der Waals surface area (Å²) in [6, 6.07) is 0.479. The average Bonchev–Trinajstić information content (AvgIpc) is 2.97. The van der Waals surface area contributed by atoms with Crippen molar-refractivity contribution in [3.05, 3.63) is 43.0 Å². The van der Waals surface area contributed by atoms with Gasteiger partial charge in [-0.1, -0.05) is 39.2 Å². The van der Waals surface area contributed by atoms with Crippen LogP contribution in [0.4, 0.5) is 0 Å². The van der Waals surface area contributed by atoms with Crippen LogP contribution < -0.4 is 0 Å². The van der Waals surface area contributed by atoms with Crippen molar-refractivity contribution >= 4 is 11.8 Å². The predicted molar refractivity (Wildman–Crippen MR) is 95.8 cm³/mol. The molecule has 3 rings (SSSR count). The van der Waals surface area contributed by atoms with Crippen molar-refractivity contribution in [3.63, 3.8) is 0 Å². The number of nitrogens with zero attached hydrogens (tertiary/aromatic N) is 2. The van der Waals surface area contributed by atoms with Crippen LogP contribution >= 0.6 is 11.8 Å². The third-order valence-corrected chi connectivity index (χ3v) is 6.97. The molecular weight excluding hydrogens is 288 g/mol. The standard InChI is InChI=1S/C19H28N2S/c1-15(2)19(22-18-10-5-4-6-11-18)16(3)21-13-17-9-7-8-12-20(17)14-21/h7-9,12-13,15-16,18-19H,4-6,10-11H2,1-3H3/t16-,19-/m1/s1. The van der Waals surface area contributed by atoms with Crippen molar-refractivity contribution < 1.29 is 0 Å². The minimum Gasteiger partial charge on any atom is -0.341 e. The van der Waals surface area contributed by atoms with Crippen LogP contribution in [0.2, 0.25) is 0 Å². The minimum absolute atomic E-state index is 0.479. The lowest BCUT2D eigenvalue weighted by Gasteiger charge is -2.36. The maximum absolute atomic E-state index is 3.49. The van der Waals surface area contributed by atoms with E-state index in [1.54, 1.807) is 0 Å². The molecule has 3 aliphatic rings. The van der Waals surface area contributed by atoms with Gasteiger partial charge in [-0.15, -0.1) is 0 Å². The predicted octanol–water partition coefficient (Wildman–Crippen LogP) is 5.00. The lowest BCUT2D eigenvalue weighted by molar-refractivity contribution is 0.288. The fourth-order valence-corrected chi connectivity index (χ4v) is 5.29. The second kappa shape index (κ2) is 7.16. The summed E-state index contributed by atoms with van der Waals surface area (Å²) in [4.78, 5) is 4.38. The molecule has 2 heterocycles. The van der Waals surface area contributed by atoms with E-state index < -0.39 is 0 Å². The first kappa shape index (κ1) is 16.0. The van der Waals surface area contributed by atoms with Gasteiger partial charge >= 0.3 is 0 Å². The monoisotopic (exact) mass is 316 g/mol. The first-order valence-corrected chi connectivity index (χ1v) is 9.65. The highest BCUT2D eigenvalue weighted by atomic mass is 32.2. The van der Waals surface area contributed by atoms with E-state index in [-0.39, 0.29) is 0 Å². The summed E-state index contributed by atoms with van der Waals surface area (Å²) in [7, 11) is 0. The van der Waals surface area contributed by atoms with Crippen molar-refractivity contribution in [1.82, 2.24) is 9.80 Å². The SMILES string of the molecule is CC(C)[C@@H](SC1CCCCC1)[C@@H](C)N1[C]N2C=CC=CC2=C1. The van der Waals surface area contributed by atoms with Crippen LogP contribution in [0.5, 0.6) is 0 Å². The first-order valence-electron chi connectivity index (χ1n) is 8.71. The molecule has 0 aromatic carbocycles. The van der Waals surface area contributed by atoms with Crippen LogP contribution in [-0.2, 0) is 0 Å². The van der Waals surface area contributed by atoms with E-state index in [0.717, 1.165) is 5.25 Å². The molecule has 2 aliphatic heterocycles. The maximum Gasteiger partial charge on any atom is 0.213 e. The highest BCUT2D eigenvalue weighted by molar-refractivity contribution is 8.00. The molecule has 1 fully saturated rings. The zero-order valence-electron chi connectivity index (χ0n) is 14.0. The number of allylic oxidation sites excluding steroid dienone is 3. The number of hydrogen-bond acceptors (Lipinski definition) is 3. The van der Waals surface area contributed by atoms with E-state index in [9.17, 15) is 0 Å². The molecule has 120 valence electrons. The van der Waals surface area contributed by atoms with Crippen molar-refractivity contribution in [2.24, 2.45) is 5.92 Å². The van der Waals surface area contributed by atoms with Crippen LogP contribution in [0, 0.1) is 12.6 Å². The Balaban J connectivity index is 1.65. The van der Waals surface area contributed by atoms with Gasteiger partial charge in [0.15, 0.2) is 0 Å². The van der Waals surface area contributed by atoms with E-state index in [4.69, 9.17) is 0 Å². The van der Waals surface area contributed by atoms with Gasteiger partial charge in [-0.2, -0.15) is 11.8 Å². The van der Waals surface area contributed by atoms with E-state index in [2.05, 4.69) is 79.6 Å². The molecule has 0 unspecified atom stereocenters. The Morgan fingerprint density at radius 2 is 1.91 bits per heavy atom. The van der Waals surface area contributed by atoms with Gasteiger partial charge in [0, 0.05) is 28.9 Å². The molecule has 2 radical (unpaired) electrons. The van der Waals surface area contributed by atoms with E-state index in [1.165, 1.54) is 37.8 Å². The van der Waals surface area contributed by atoms with Crippen molar-refractivity contribution in [2.45, 2.75) is 69.4 Å². The van der Waals surface area contributed by atoms with Gasteiger partial charge < -0.3 is 9.80 Å². The van der Waals surface area contributed by atoms with Crippen LogP contribution in [0.1, 0.15) is 52.9 Å². The highest BCUT2D eigenvalue weighted by Crippen LogP contribution is 2.38. The fraction of sp³-hybridized carbons (Fsp3) is 0.632. The molecule has 0 saturated heterocycles. The molecule has 1 saturated carbocycles. The molecule has 2 nitrogen and oxygen atoms in total. The summed E-state index contributed by atoms with van der Waals surface area (Å²) < 4.78 is 0. The summed E-state index contributed by atoms with van der Waals surface area (Å²) in [6.45, 7) is 10.6.